The minimum absolute atomic E-state index is 0.0858. The molecular weight excluding hydrogens is 352 g/mol. The molecule has 0 radical (unpaired) electrons. The van der Waals surface area contributed by atoms with Crippen molar-refractivity contribution in [2.75, 3.05) is 6.61 Å². The lowest BCUT2D eigenvalue weighted by Crippen LogP contribution is -2.12. The number of halogens is 1. The number of hydrogen-bond acceptors (Lipinski definition) is 4. The van der Waals surface area contributed by atoms with Gasteiger partial charge >= 0.3 is 0 Å². The summed E-state index contributed by atoms with van der Waals surface area (Å²) in [6, 6.07) is 3.48. The lowest BCUT2D eigenvalue weighted by molar-refractivity contribution is 0.111. The number of aldehydes is 1. The van der Waals surface area contributed by atoms with E-state index in [2.05, 4.69) is 23.4 Å². The molecule has 1 N–H and O–H groups in total. The number of ether oxygens (including phenoxy) is 1. The van der Waals surface area contributed by atoms with Crippen LogP contribution in [0.1, 0.15) is 61.6 Å². The van der Waals surface area contributed by atoms with Crippen molar-refractivity contribution in [1.82, 2.24) is 9.55 Å². The van der Waals surface area contributed by atoms with Gasteiger partial charge in [-0.15, -0.1) is 0 Å². The van der Waals surface area contributed by atoms with Crippen LogP contribution in [0.3, 0.4) is 0 Å². The Morgan fingerprint density at radius 2 is 2.12 bits per heavy atom. The maximum atomic E-state index is 11.3. The van der Waals surface area contributed by atoms with Crippen molar-refractivity contribution in [3.63, 3.8) is 0 Å². The van der Waals surface area contributed by atoms with E-state index in [4.69, 9.17) is 16.3 Å². The van der Waals surface area contributed by atoms with Crippen LogP contribution in [0, 0.1) is 0 Å². The molecule has 0 spiro atoms. The van der Waals surface area contributed by atoms with E-state index >= 15 is 0 Å². The third-order valence-corrected chi connectivity index (χ3v) is 5.07. The zero-order valence-electron chi connectivity index (χ0n) is 15.0. The summed E-state index contributed by atoms with van der Waals surface area (Å²) in [7, 11) is 0. The smallest absolute Gasteiger partial charge is 0.157 e. The van der Waals surface area contributed by atoms with E-state index in [9.17, 15) is 9.90 Å². The van der Waals surface area contributed by atoms with Gasteiger partial charge in [0.2, 0.25) is 0 Å². The largest absolute Gasteiger partial charge is 0.505 e. The predicted octanol–water partition coefficient (Wildman–Crippen LogP) is 5.04. The summed E-state index contributed by atoms with van der Waals surface area (Å²) in [6.45, 7) is 4.65. The van der Waals surface area contributed by atoms with Gasteiger partial charge in [-0.2, -0.15) is 0 Å². The Kier molecular flexibility index (Phi) is 5.67. The Balaban J connectivity index is 1.90. The van der Waals surface area contributed by atoms with Crippen LogP contribution in [0.15, 0.2) is 30.2 Å². The summed E-state index contributed by atoms with van der Waals surface area (Å²) in [4.78, 5) is 15.6. The maximum Gasteiger partial charge on any atom is 0.157 e. The third-order valence-electron chi connectivity index (χ3n) is 4.76. The highest BCUT2D eigenvalue weighted by atomic mass is 35.5. The average Bonchev–Trinajstić information content (AvgIpc) is 3.13. The molecule has 6 heteroatoms. The molecule has 2 aromatic rings. The number of benzene rings is 1. The minimum atomic E-state index is -0.241. The summed E-state index contributed by atoms with van der Waals surface area (Å²) in [5, 5.41) is 10.1. The second kappa shape index (κ2) is 7.96. The van der Waals surface area contributed by atoms with E-state index in [0.29, 0.717) is 24.7 Å². The van der Waals surface area contributed by atoms with Gasteiger partial charge in [-0.05, 0) is 62.8 Å². The molecule has 3 rings (SSSR count). The van der Waals surface area contributed by atoms with Crippen molar-refractivity contribution in [1.29, 1.82) is 0 Å². The number of carbonyl (C=O) groups is 1. The molecule has 0 unspecified atom stereocenters. The van der Waals surface area contributed by atoms with Crippen molar-refractivity contribution in [2.45, 2.75) is 45.6 Å². The van der Waals surface area contributed by atoms with Crippen LogP contribution >= 0.6 is 11.6 Å². The lowest BCUT2D eigenvalue weighted by Gasteiger charge is -2.23. The van der Waals surface area contributed by atoms with Gasteiger partial charge in [0.05, 0.1) is 28.8 Å². The number of phenolic OH excluding ortho intramolecular Hbond substituents is 1. The molecule has 0 bridgehead atoms. The molecule has 0 amide bonds. The quantitative estimate of drug-likeness (QED) is 0.719. The summed E-state index contributed by atoms with van der Waals surface area (Å²) in [6.07, 6.45) is 8.54. The van der Waals surface area contributed by atoms with Crippen LogP contribution in [0.4, 0.5) is 0 Å². The van der Waals surface area contributed by atoms with Gasteiger partial charge in [0.1, 0.15) is 18.1 Å². The summed E-state index contributed by atoms with van der Waals surface area (Å²) in [5.74, 6) is 0.103. The van der Waals surface area contributed by atoms with Gasteiger partial charge < -0.3 is 14.4 Å². The lowest BCUT2D eigenvalue weighted by atomic mass is 9.90. The number of nitrogens with zero attached hydrogens (tertiary/aromatic N) is 2. The van der Waals surface area contributed by atoms with Crippen LogP contribution in [0.5, 0.6) is 11.5 Å². The topological polar surface area (TPSA) is 64.3 Å². The van der Waals surface area contributed by atoms with Gasteiger partial charge in [0.15, 0.2) is 6.29 Å². The highest BCUT2D eigenvalue weighted by molar-refractivity contribution is 6.32. The molecule has 1 aromatic heterocycles. The van der Waals surface area contributed by atoms with Gasteiger partial charge in [0, 0.05) is 6.04 Å². The molecule has 26 heavy (non-hydrogen) atoms. The van der Waals surface area contributed by atoms with Gasteiger partial charge in [-0.25, -0.2) is 4.98 Å². The van der Waals surface area contributed by atoms with Gasteiger partial charge in [0.25, 0.3) is 0 Å². The van der Waals surface area contributed by atoms with Crippen LogP contribution in [-0.2, 0) is 0 Å². The first-order chi connectivity index (χ1) is 12.5. The van der Waals surface area contributed by atoms with E-state index in [1.54, 1.807) is 6.07 Å². The van der Waals surface area contributed by atoms with E-state index in [-0.39, 0.29) is 16.3 Å². The molecule has 138 valence electrons. The number of allylic oxidation sites excluding steroid dienone is 1. The third kappa shape index (κ3) is 3.63. The Morgan fingerprint density at radius 3 is 2.85 bits per heavy atom. The Morgan fingerprint density at radius 1 is 1.35 bits per heavy atom. The SMILES string of the molecule is CC(C)n1cncc1C1=C(COc2ccc(Cl)c(O)c2C=O)CCCC1. The number of phenols is 1. The van der Waals surface area contributed by atoms with E-state index in [1.807, 2.05) is 12.5 Å². The van der Waals surface area contributed by atoms with Crippen molar-refractivity contribution in [3.8, 4) is 11.5 Å². The molecule has 0 saturated heterocycles. The maximum absolute atomic E-state index is 11.3. The fourth-order valence-corrected chi connectivity index (χ4v) is 3.52. The van der Waals surface area contributed by atoms with Crippen LogP contribution in [0.25, 0.3) is 5.57 Å². The standard InChI is InChI=1S/C20H23ClN2O3/c1-13(2)23-12-22-9-18(23)15-6-4-3-5-14(15)11-26-19-8-7-17(21)20(25)16(19)10-24/h7-10,12-13,25H,3-6,11H2,1-2H3. The number of hydrogen-bond donors (Lipinski definition) is 1. The molecule has 0 fully saturated rings. The Hall–Kier alpha value is -2.27. The highest BCUT2D eigenvalue weighted by Crippen LogP contribution is 2.36. The summed E-state index contributed by atoms with van der Waals surface area (Å²) >= 11 is 5.87. The molecule has 1 heterocycles. The van der Waals surface area contributed by atoms with Gasteiger partial charge in [-0.1, -0.05) is 11.6 Å². The summed E-state index contributed by atoms with van der Waals surface area (Å²) < 4.78 is 8.07. The van der Waals surface area contributed by atoms with Crippen LogP contribution in [-0.4, -0.2) is 27.6 Å². The molecular formula is C20H23ClN2O3. The molecule has 0 atom stereocenters. The number of aromatic hydroxyl groups is 1. The first-order valence-electron chi connectivity index (χ1n) is 8.85. The first kappa shape index (κ1) is 18.5. The molecule has 5 nitrogen and oxygen atoms in total. The zero-order chi connectivity index (χ0) is 18.7. The fraction of sp³-hybridized carbons (Fsp3) is 0.400. The number of imidazole rings is 1. The number of aromatic nitrogens is 2. The highest BCUT2D eigenvalue weighted by Gasteiger charge is 2.20. The van der Waals surface area contributed by atoms with E-state index < -0.39 is 0 Å². The van der Waals surface area contributed by atoms with Crippen molar-refractivity contribution >= 4 is 23.5 Å². The molecule has 1 aliphatic rings. The number of rotatable bonds is 6. The second-order valence-corrected chi connectivity index (χ2v) is 7.19. The van der Waals surface area contributed by atoms with Crippen LogP contribution in [0.2, 0.25) is 5.02 Å². The van der Waals surface area contributed by atoms with Crippen molar-refractivity contribution in [3.05, 3.63) is 46.5 Å². The van der Waals surface area contributed by atoms with Gasteiger partial charge in [-0.3, -0.25) is 4.79 Å². The Labute approximate surface area is 158 Å². The summed E-state index contributed by atoms with van der Waals surface area (Å²) in [5.41, 5.74) is 3.70. The minimum Gasteiger partial charge on any atom is -0.505 e. The van der Waals surface area contributed by atoms with Crippen molar-refractivity contribution < 1.29 is 14.6 Å². The van der Waals surface area contributed by atoms with Crippen LogP contribution < -0.4 is 4.74 Å². The second-order valence-electron chi connectivity index (χ2n) is 6.78. The van der Waals surface area contributed by atoms with E-state index in [1.165, 1.54) is 17.2 Å². The van der Waals surface area contributed by atoms with Crippen molar-refractivity contribution in [2.24, 2.45) is 0 Å². The van der Waals surface area contributed by atoms with E-state index in [0.717, 1.165) is 31.4 Å². The number of carbonyl (C=O) groups excluding carboxylic acids is 1. The molecule has 0 saturated carbocycles. The zero-order valence-corrected chi connectivity index (χ0v) is 15.8. The first-order valence-corrected chi connectivity index (χ1v) is 9.23. The Bertz CT molecular complexity index is 840. The molecule has 0 aliphatic heterocycles. The molecule has 1 aliphatic carbocycles. The average molecular weight is 375 g/mol. The normalized spacial score (nSPS) is 14.8. The monoisotopic (exact) mass is 374 g/mol. The molecule has 1 aromatic carbocycles. The fourth-order valence-electron chi connectivity index (χ4n) is 3.35. The predicted molar refractivity (Wildman–Crippen MR) is 102 cm³/mol.